The quantitative estimate of drug-likeness (QED) is 0.485. The van der Waals surface area contributed by atoms with Crippen LogP contribution in [0.25, 0.3) is 10.9 Å². The summed E-state index contributed by atoms with van der Waals surface area (Å²) in [4.78, 5) is 12.3. The highest BCUT2D eigenvalue weighted by Gasteiger charge is 2.09. The minimum atomic E-state index is -0.249. The van der Waals surface area contributed by atoms with Crippen LogP contribution >= 0.6 is 0 Å². The lowest BCUT2D eigenvalue weighted by Gasteiger charge is -2.08. The monoisotopic (exact) mass is 363 g/mol. The smallest absolute Gasteiger partial charge is 0.271 e. The van der Waals surface area contributed by atoms with E-state index < -0.39 is 0 Å². The Hall–Kier alpha value is -3.08. The average Bonchev–Trinajstić information content (AvgIpc) is 3.06. The summed E-state index contributed by atoms with van der Waals surface area (Å²) in [5, 5.41) is 5.26. The van der Waals surface area contributed by atoms with Crippen LogP contribution in [-0.2, 0) is 0 Å². The van der Waals surface area contributed by atoms with Gasteiger partial charge in [0, 0.05) is 34.3 Å². The van der Waals surface area contributed by atoms with Crippen LogP contribution in [0.4, 0.5) is 0 Å². The Labute approximate surface area is 159 Å². The number of aromatic nitrogens is 1. The van der Waals surface area contributed by atoms with Gasteiger partial charge in [0.2, 0.25) is 0 Å². The normalized spacial score (nSPS) is 11.4. The van der Waals surface area contributed by atoms with Gasteiger partial charge in [0.05, 0.1) is 12.8 Å². The van der Waals surface area contributed by atoms with Crippen LogP contribution in [-0.4, -0.2) is 23.3 Å². The maximum Gasteiger partial charge on any atom is 0.271 e. The van der Waals surface area contributed by atoms with Crippen LogP contribution in [0.15, 0.2) is 59.8 Å². The molecule has 5 nitrogen and oxygen atoms in total. The fraction of sp³-hybridized carbons (Fsp3) is 0.273. The number of benzene rings is 2. The average molecular weight is 363 g/mol. The molecular formula is C22H25N3O2. The highest BCUT2D eigenvalue weighted by atomic mass is 16.5. The van der Waals surface area contributed by atoms with Gasteiger partial charge >= 0.3 is 0 Å². The number of carbonyl (C=O) groups excluding carboxylic acids is 1. The predicted molar refractivity (Wildman–Crippen MR) is 110 cm³/mol. The number of carbonyl (C=O) groups is 1. The molecule has 0 atom stereocenters. The Bertz CT molecular complexity index is 940. The van der Waals surface area contributed by atoms with Crippen molar-refractivity contribution in [2.45, 2.75) is 33.2 Å². The molecule has 140 valence electrons. The standard InChI is InChI=1S/C22H25N3O2/c1-4-13-27-19-11-9-17(10-12-19)22(26)24-23-14-18-15-25(16(2)3)21-8-6-5-7-20(18)21/h5-12,14-16H,4,13H2,1-3H3,(H,24,26)/b23-14-. The topological polar surface area (TPSA) is 55.6 Å². The van der Waals surface area contributed by atoms with Crippen LogP contribution in [0.1, 0.15) is 49.2 Å². The third-order valence-electron chi connectivity index (χ3n) is 4.29. The molecule has 1 heterocycles. The fourth-order valence-electron chi connectivity index (χ4n) is 2.91. The van der Waals surface area contributed by atoms with Gasteiger partial charge in [-0.05, 0) is 50.6 Å². The molecule has 0 radical (unpaired) electrons. The number of ether oxygens (including phenoxy) is 1. The maximum absolute atomic E-state index is 12.3. The molecule has 0 fully saturated rings. The SMILES string of the molecule is CCCOc1ccc(C(=O)N/N=C\c2cn(C(C)C)c3ccccc23)cc1. The molecule has 1 aromatic heterocycles. The van der Waals surface area contributed by atoms with Gasteiger partial charge in [0.15, 0.2) is 0 Å². The third-order valence-corrected chi connectivity index (χ3v) is 4.29. The van der Waals surface area contributed by atoms with E-state index in [1.165, 1.54) is 0 Å². The lowest BCUT2D eigenvalue weighted by molar-refractivity contribution is 0.0955. The van der Waals surface area contributed by atoms with Crippen molar-refractivity contribution in [2.24, 2.45) is 5.10 Å². The minimum Gasteiger partial charge on any atom is -0.494 e. The minimum absolute atomic E-state index is 0.249. The summed E-state index contributed by atoms with van der Waals surface area (Å²) in [5.41, 5.74) is 5.27. The van der Waals surface area contributed by atoms with E-state index in [0.29, 0.717) is 18.2 Å². The molecule has 0 aliphatic heterocycles. The third kappa shape index (κ3) is 4.37. The van der Waals surface area contributed by atoms with E-state index >= 15 is 0 Å². The predicted octanol–water partition coefficient (Wildman–Crippen LogP) is 4.77. The van der Waals surface area contributed by atoms with Crippen molar-refractivity contribution in [1.82, 2.24) is 9.99 Å². The van der Waals surface area contributed by atoms with Crippen LogP contribution in [0.5, 0.6) is 5.75 Å². The van der Waals surface area contributed by atoms with Crippen LogP contribution in [0.3, 0.4) is 0 Å². The Kier molecular flexibility index (Phi) is 5.91. The van der Waals surface area contributed by atoms with Crippen molar-refractivity contribution in [3.8, 4) is 5.75 Å². The summed E-state index contributed by atoms with van der Waals surface area (Å²) >= 11 is 0. The molecular weight excluding hydrogens is 338 g/mol. The Balaban J connectivity index is 1.70. The summed E-state index contributed by atoms with van der Waals surface area (Å²) in [6.07, 6.45) is 4.70. The van der Waals surface area contributed by atoms with Crippen molar-refractivity contribution in [1.29, 1.82) is 0 Å². The summed E-state index contributed by atoms with van der Waals surface area (Å²) in [5.74, 6) is 0.513. The van der Waals surface area contributed by atoms with E-state index in [-0.39, 0.29) is 5.91 Å². The number of rotatable bonds is 7. The molecule has 2 aromatic carbocycles. The summed E-state index contributed by atoms with van der Waals surface area (Å²) in [6.45, 7) is 7.00. The number of hydrogen-bond acceptors (Lipinski definition) is 3. The zero-order valence-corrected chi connectivity index (χ0v) is 16.0. The second-order valence-electron chi connectivity index (χ2n) is 6.67. The van der Waals surface area contributed by atoms with Crippen molar-refractivity contribution < 1.29 is 9.53 Å². The molecule has 1 amide bonds. The summed E-state index contributed by atoms with van der Waals surface area (Å²) in [6, 6.07) is 15.6. The largest absolute Gasteiger partial charge is 0.494 e. The fourth-order valence-corrected chi connectivity index (χ4v) is 2.91. The Morgan fingerprint density at radius 3 is 2.63 bits per heavy atom. The van der Waals surface area contributed by atoms with Crippen molar-refractivity contribution >= 4 is 23.0 Å². The van der Waals surface area contributed by atoms with Crippen molar-refractivity contribution in [2.75, 3.05) is 6.61 Å². The maximum atomic E-state index is 12.3. The number of hydrogen-bond donors (Lipinski definition) is 1. The zero-order chi connectivity index (χ0) is 19.2. The van der Waals surface area contributed by atoms with Gasteiger partial charge in [-0.15, -0.1) is 0 Å². The number of fused-ring (bicyclic) bond motifs is 1. The molecule has 3 rings (SSSR count). The molecule has 3 aromatic rings. The van der Waals surface area contributed by atoms with Crippen molar-refractivity contribution in [3.63, 3.8) is 0 Å². The van der Waals surface area contributed by atoms with Crippen LogP contribution in [0, 0.1) is 0 Å². The van der Waals surface area contributed by atoms with Gasteiger partial charge < -0.3 is 9.30 Å². The van der Waals surface area contributed by atoms with E-state index in [1.54, 1.807) is 30.5 Å². The lowest BCUT2D eigenvalue weighted by atomic mass is 10.2. The molecule has 0 saturated carbocycles. The summed E-state index contributed by atoms with van der Waals surface area (Å²) in [7, 11) is 0. The van der Waals surface area contributed by atoms with Gasteiger partial charge in [-0.25, -0.2) is 5.43 Å². The number of hydrazone groups is 1. The highest BCUT2D eigenvalue weighted by Crippen LogP contribution is 2.23. The number of amides is 1. The molecule has 0 spiro atoms. The molecule has 5 heteroatoms. The van der Waals surface area contributed by atoms with E-state index in [1.807, 2.05) is 12.1 Å². The van der Waals surface area contributed by atoms with Crippen LogP contribution in [0.2, 0.25) is 0 Å². The Morgan fingerprint density at radius 2 is 1.93 bits per heavy atom. The van der Waals surface area contributed by atoms with Crippen LogP contribution < -0.4 is 10.2 Å². The van der Waals surface area contributed by atoms with E-state index in [9.17, 15) is 4.79 Å². The number of para-hydroxylation sites is 1. The molecule has 0 saturated heterocycles. The van der Waals surface area contributed by atoms with Crippen molar-refractivity contribution in [3.05, 3.63) is 65.9 Å². The van der Waals surface area contributed by atoms with E-state index in [4.69, 9.17) is 4.74 Å². The lowest BCUT2D eigenvalue weighted by Crippen LogP contribution is -2.17. The van der Waals surface area contributed by atoms with Gasteiger partial charge in [0.1, 0.15) is 5.75 Å². The molecule has 1 N–H and O–H groups in total. The highest BCUT2D eigenvalue weighted by molar-refractivity contribution is 6.00. The van der Waals surface area contributed by atoms with E-state index in [0.717, 1.165) is 28.6 Å². The first-order valence-corrected chi connectivity index (χ1v) is 9.26. The number of nitrogens with one attached hydrogen (secondary N) is 1. The first-order valence-electron chi connectivity index (χ1n) is 9.26. The van der Waals surface area contributed by atoms with Gasteiger partial charge in [-0.3, -0.25) is 4.79 Å². The van der Waals surface area contributed by atoms with Gasteiger partial charge in [0.25, 0.3) is 5.91 Å². The second kappa shape index (κ2) is 8.54. The molecule has 27 heavy (non-hydrogen) atoms. The zero-order valence-electron chi connectivity index (χ0n) is 16.0. The Morgan fingerprint density at radius 1 is 1.19 bits per heavy atom. The first-order chi connectivity index (χ1) is 13.1. The van der Waals surface area contributed by atoms with Gasteiger partial charge in [-0.1, -0.05) is 25.1 Å². The first kappa shape index (κ1) is 18.7. The van der Waals surface area contributed by atoms with Gasteiger partial charge in [-0.2, -0.15) is 5.10 Å². The summed E-state index contributed by atoms with van der Waals surface area (Å²) < 4.78 is 7.73. The second-order valence-corrected chi connectivity index (χ2v) is 6.67. The number of nitrogens with zero attached hydrogens (tertiary/aromatic N) is 2. The molecule has 0 bridgehead atoms. The molecule has 0 aliphatic rings. The molecule has 0 unspecified atom stereocenters. The van der Waals surface area contributed by atoms with E-state index in [2.05, 4.69) is 54.2 Å². The molecule has 0 aliphatic carbocycles.